The van der Waals surface area contributed by atoms with Gasteiger partial charge in [-0.25, -0.2) is 0 Å². The number of rotatable bonds is 7. The predicted molar refractivity (Wildman–Crippen MR) is 56.6 cm³/mol. The van der Waals surface area contributed by atoms with Gasteiger partial charge in [-0.05, 0) is 38.9 Å². The molecule has 3 heteroatoms. The van der Waals surface area contributed by atoms with Crippen molar-refractivity contribution in [1.29, 1.82) is 0 Å². The molecule has 0 bridgehead atoms. The minimum Gasteiger partial charge on any atom is -0.395 e. The van der Waals surface area contributed by atoms with E-state index in [1.165, 1.54) is 6.42 Å². The van der Waals surface area contributed by atoms with Crippen LogP contribution in [-0.2, 0) is 0 Å². The Kier molecular flexibility index (Phi) is 7.23. The maximum absolute atomic E-state index is 8.72. The first-order valence-electron chi connectivity index (χ1n) is 5.11. The second-order valence-electron chi connectivity index (χ2n) is 4.22. The van der Waals surface area contributed by atoms with Gasteiger partial charge in [0.1, 0.15) is 0 Å². The average molecular weight is 188 g/mol. The zero-order valence-electron chi connectivity index (χ0n) is 9.16. The highest BCUT2D eigenvalue weighted by Crippen LogP contribution is 2.01. The average Bonchev–Trinajstić information content (AvgIpc) is 2.10. The fraction of sp³-hybridized carbons (Fsp3) is 1.00. The van der Waals surface area contributed by atoms with E-state index in [4.69, 9.17) is 10.8 Å². The van der Waals surface area contributed by atoms with Crippen molar-refractivity contribution in [2.45, 2.75) is 32.7 Å². The highest BCUT2D eigenvalue weighted by Gasteiger charge is 2.04. The molecule has 0 aliphatic rings. The summed E-state index contributed by atoms with van der Waals surface area (Å²) in [7, 11) is 2.10. The first-order valence-corrected chi connectivity index (χ1v) is 5.11. The van der Waals surface area contributed by atoms with Gasteiger partial charge in [0.15, 0.2) is 0 Å². The third-order valence-corrected chi connectivity index (χ3v) is 2.20. The molecule has 0 amide bonds. The smallest absolute Gasteiger partial charge is 0.0583 e. The van der Waals surface area contributed by atoms with Gasteiger partial charge < -0.3 is 15.7 Å². The van der Waals surface area contributed by atoms with Crippen LogP contribution in [0.2, 0.25) is 0 Å². The van der Waals surface area contributed by atoms with E-state index in [2.05, 4.69) is 25.8 Å². The summed E-state index contributed by atoms with van der Waals surface area (Å²) < 4.78 is 0. The van der Waals surface area contributed by atoms with Gasteiger partial charge in [-0.15, -0.1) is 0 Å². The number of aliphatic hydroxyl groups excluding tert-OH is 1. The molecule has 0 spiro atoms. The van der Waals surface area contributed by atoms with Gasteiger partial charge in [0.25, 0.3) is 0 Å². The topological polar surface area (TPSA) is 49.5 Å². The monoisotopic (exact) mass is 188 g/mol. The number of aliphatic hydroxyl groups is 1. The second-order valence-corrected chi connectivity index (χ2v) is 4.22. The summed E-state index contributed by atoms with van der Waals surface area (Å²) in [4.78, 5) is 2.27. The lowest BCUT2D eigenvalue weighted by molar-refractivity contribution is 0.236. The highest BCUT2D eigenvalue weighted by molar-refractivity contribution is 4.62. The standard InChI is InChI=1S/C10H24N2O/c1-9(2)4-6-12(3)7-5-10(11)8-13/h9-10,13H,4-8,11H2,1-3H3. The van der Waals surface area contributed by atoms with Crippen LogP contribution in [0.1, 0.15) is 26.7 Å². The molecule has 0 aromatic heterocycles. The summed E-state index contributed by atoms with van der Waals surface area (Å²) >= 11 is 0. The molecule has 0 aromatic carbocycles. The Morgan fingerprint density at radius 1 is 1.23 bits per heavy atom. The SMILES string of the molecule is CC(C)CCN(C)CCC(N)CO. The van der Waals surface area contributed by atoms with E-state index in [1.807, 2.05) is 0 Å². The molecule has 1 atom stereocenters. The van der Waals surface area contributed by atoms with Crippen LogP contribution in [0.25, 0.3) is 0 Å². The molecule has 0 aliphatic carbocycles. The Hall–Kier alpha value is -0.120. The van der Waals surface area contributed by atoms with Crippen molar-refractivity contribution in [3.63, 3.8) is 0 Å². The van der Waals surface area contributed by atoms with Crippen LogP contribution in [0.15, 0.2) is 0 Å². The lowest BCUT2D eigenvalue weighted by Crippen LogP contribution is -2.31. The quantitative estimate of drug-likeness (QED) is 0.617. The van der Waals surface area contributed by atoms with Gasteiger partial charge in [-0.1, -0.05) is 13.8 Å². The fourth-order valence-electron chi connectivity index (χ4n) is 1.07. The maximum atomic E-state index is 8.72. The van der Waals surface area contributed by atoms with Crippen molar-refractivity contribution in [1.82, 2.24) is 4.90 Å². The normalized spacial score (nSPS) is 14.1. The van der Waals surface area contributed by atoms with E-state index in [0.717, 1.165) is 25.4 Å². The largest absolute Gasteiger partial charge is 0.395 e. The van der Waals surface area contributed by atoms with E-state index in [1.54, 1.807) is 0 Å². The van der Waals surface area contributed by atoms with Crippen LogP contribution in [0.3, 0.4) is 0 Å². The van der Waals surface area contributed by atoms with Crippen molar-refractivity contribution >= 4 is 0 Å². The van der Waals surface area contributed by atoms with Gasteiger partial charge in [-0.3, -0.25) is 0 Å². The van der Waals surface area contributed by atoms with Crippen molar-refractivity contribution in [2.75, 3.05) is 26.7 Å². The Labute approximate surface area is 81.9 Å². The minimum atomic E-state index is -0.0542. The molecule has 0 fully saturated rings. The summed E-state index contributed by atoms with van der Waals surface area (Å²) in [5, 5.41) is 8.72. The number of hydrogen-bond donors (Lipinski definition) is 2. The van der Waals surface area contributed by atoms with Crippen molar-refractivity contribution in [3.8, 4) is 0 Å². The van der Waals surface area contributed by atoms with Gasteiger partial charge >= 0.3 is 0 Å². The van der Waals surface area contributed by atoms with Crippen molar-refractivity contribution < 1.29 is 5.11 Å². The number of hydrogen-bond acceptors (Lipinski definition) is 3. The predicted octanol–water partition coefficient (Wildman–Crippen LogP) is 0.674. The van der Waals surface area contributed by atoms with Crippen LogP contribution >= 0.6 is 0 Å². The van der Waals surface area contributed by atoms with Crippen LogP contribution in [0.5, 0.6) is 0 Å². The third kappa shape index (κ3) is 8.22. The summed E-state index contributed by atoms with van der Waals surface area (Å²) in [6.07, 6.45) is 2.11. The van der Waals surface area contributed by atoms with E-state index in [0.29, 0.717) is 0 Å². The summed E-state index contributed by atoms with van der Waals surface area (Å²) in [5.41, 5.74) is 5.60. The van der Waals surface area contributed by atoms with Crippen molar-refractivity contribution in [3.05, 3.63) is 0 Å². The molecule has 0 rings (SSSR count). The molecule has 3 nitrogen and oxygen atoms in total. The fourth-order valence-corrected chi connectivity index (χ4v) is 1.07. The molecule has 0 saturated heterocycles. The molecular formula is C10H24N2O. The van der Waals surface area contributed by atoms with Gasteiger partial charge in [0.2, 0.25) is 0 Å². The first-order chi connectivity index (χ1) is 6.06. The van der Waals surface area contributed by atoms with E-state index in [-0.39, 0.29) is 12.6 Å². The summed E-state index contributed by atoms with van der Waals surface area (Å²) in [6, 6.07) is -0.0542. The zero-order chi connectivity index (χ0) is 10.3. The molecule has 1 unspecified atom stereocenters. The third-order valence-electron chi connectivity index (χ3n) is 2.20. The molecule has 13 heavy (non-hydrogen) atoms. The molecule has 0 heterocycles. The first kappa shape index (κ1) is 12.9. The second kappa shape index (κ2) is 7.30. The molecule has 0 aromatic rings. The van der Waals surface area contributed by atoms with E-state index < -0.39 is 0 Å². The molecular weight excluding hydrogens is 164 g/mol. The Morgan fingerprint density at radius 2 is 1.77 bits per heavy atom. The van der Waals surface area contributed by atoms with Crippen LogP contribution in [0, 0.1) is 5.92 Å². The summed E-state index contributed by atoms with van der Waals surface area (Å²) in [5.74, 6) is 0.758. The van der Waals surface area contributed by atoms with E-state index >= 15 is 0 Å². The number of nitrogens with zero attached hydrogens (tertiary/aromatic N) is 1. The Morgan fingerprint density at radius 3 is 2.23 bits per heavy atom. The molecule has 0 radical (unpaired) electrons. The lowest BCUT2D eigenvalue weighted by Gasteiger charge is -2.19. The molecule has 80 valence electrons. The van der Waals surface area contributed by atoms with Crippen molar-refractivity contribution in [2.24, 2.45) is 11.7 Å². The molecule has 0 saturated carbocycles. The Bertz CT molecular complexity index is 117. The van der Waals surface area contributed by atoms with Crippen LogP contribution in [-0.4, -0.2) is 42.8 Å². The van der Waals surface area contributed by atoms with Gasteiger partial charge in [0.05, 0.1) is 6.61 Å². The summed E-state index contributed by atoms with van der Waals surface area (Å²) in [6.45, 7) is 6.66. The van der Waals surface area contributed by atoms with Crippen LogP contribution < -0.4 is 5.73 Å². The Balaban J connectivity index is 3.34. The number of nitrogens with two attached hydrogens (primary N) is 1. The molecule has 3 N–H and O–H groups in total. The van der Waals surface area contributed by atoms with Gasteiger partial charge in [0, 0.05) is 6.04 Å². The lowest BCUT2D eigenvalue weighted by atomic mass is 10.1. The maximum Gasteiger partial charge on any atom is 0.0583 e. The van der Waals surface area contributed by atoms with E-state index in [9.17, 15) is 0 Å². The zero-order valence-corrected chi connectivity index (χ0v) is 9.16. The minimum absolute atomic E-state index is 0.0542. The van der Waals surface area contributed by atoms with Crippen LogP contribution in [0.4, 0.5) is 0 Å². The molecule has 0 aliphatic heterocycles. The van der Waals surface area contributed by atoms with Gasteiger partial charge in [-0.2, -0.15) is 0 Å². The highest BCUT2D eigenvalue weighted by atomic mass is 16.3.